The van der Waals surface area contributed by atoms with E-state index in [9.17, 15) is 15.0 Å². The minimum Gasteiger partial charge on any atom is -0.465 e. The number of hydrogen-bond donors (Lipinski definition) is 2. The molecule has 0 bridgehead atoms. The number of esters is 1. The van der Waals surface area contributed by atoms with Gasteiger partial charge in [-0.05, 0) is 85.4 Å². The fourth-order valence-corrected chi connectivity index (χ4v) is 12.2. The predicted molar refractivity (Wildman–Crippen MR) is 162 cm³/mol. The molecule has 4 unspecified atom stereocenters. The molecule has 9 atom stereocenters. The Labute approximate surface area is 254 Å². The van der Waals surface area contributed by atoms with E-state index >= 15 is 0 Å². The number of allylic oxidation sites excluding steroid dienone is 1. The van der Waals surface area contributed by atoms with Crippen LogP contribution in [0.2, 0.25) is 0 Å². The molecule has 6 aliphatic rings. The van der Waals surface area contributed by atoms with E-state index in [1.165, 1.54) is 5.57 Å². The Balaban J connectivity index is 1.38. The van der Waals surface area contributed by atoms with Crippen LogP contribution in [0, 0.1) is 56.7 Å². The van der Waals surface area contributed by atoms with E-state index in [2.05, 4.69) is 54.5 Å². The topological polar surface area (TPSA) is 85.2 Å². The van der Waals surface area contributed by atoms with Crippen molar-refractivity contribution in [2.24, 2.45) is 56.7 Å². The molecule has 1 spiro atoms. The molecule has 2 N–H and O–H groups in total. The van der Waals surface area contributed by atoms with Crippen molar-refractivity contribution >= 4 is 5.97 Å². The Hall–Kier alpha value is -0.950. The fourth-order valence-electron chi connectivity index (χ4n) is 12.2. The third-order valence-electron chi connectivity index (χ3n) is 14.4. The number of hydrogen-bond acceptors (Lipinski definition) is 6. The maximum Gasteiger partial charge on any atom is 0.309 e. The van der Waals surface area contributed by atoms with E-state index in [-0.39, 0.29) is 63.8 Å². The van der Waals surface area contributed by atoms with E-state index in [0.29, 0.717) is 19.8 Å². The van der Waals surface area contributed by atoms with E-state index in [4.69, 9.17) is 14.2 Å². The van der Waals surface area contributed by atoms with Gasteiger partial charge in [0, 0.05) is 29.8 Å². The molecule has 1 aliphatic heterocycles. The van der Waals surface area contributed by atoms with Crippen molar-refractivity contribution in [2.75, 3.05) is 26.4 Å². The summed E-state index contributed by atoms with van der Waals surface area (Å²) in [6, 6.07) is 0. The molecule has 6 nitrogen and oxygen atoms in total. The molecule has 5 aliphatic carbocycles. The maximum atomic E-state index is 13.5. The van der Waals surface area contributed by atoms with Crippen LogP contribution in [0.5, 0.6) is 0 Å². The molecular formula is C36H58O6. The fraction of sp³-hybridized carbons (Fsp3) is 0.917. The van der Waals surface area contributed by atoms with Crippen LogP contribution in [-0.4, -0.2) is 54.5 Å². The summed E-state index contributed by atoms with van der Waals surface area (Å²) < 4.78 is 18.5. The first-order valence-corrected chi connectivity index (χ1v) is 17.2. The van der Waals surface area contributed by atoms with Crippen molar-refractivity contribution in [3.05, 3.63) is 11.6 Å². The summed E-state index contributed by atoms with van der Waals surface area (Å²) in [5, 5.41) is 23.6. The van der Waals surface area contributed by atoms with Gasteiger partial charge in [0.05, 0.1) is 31.8 Å². The van der Waals surface area contributed by atoms with Gasteiger partial charge in [0.15, 0.2) is 5.79 Å². The summed E-state index contributed by atoms with van der Waals surface area (Å²) in [6.07, 6.45) is 11.1. The van der Waals surface area contributed by atoms with Gasteiger partial charge in [-0.25, -0.2) is 0 Å². The molecule has 0 aromatic carbocycles. The van der Waals surface area contributed by atoms with Gasteiger partial charge in [-0.2, -0.15) is 0 Å². The first-order valence-electron chi connectivity index (χ1n) is 17.2. The zero-order valence-electron chi connectivity index (χ0n) is 27.5. The number of aliphatic hydroxyl groups excluding tert-OH is 2. The van der Waals surface area contributed by atoms with E-state index in [1.54, 1.807) is 0 Å². The van der Waals surface area contributed by atoms with Gasteiger partial charge in [0.1, 0.15) is 0 Å². The third kappa shape index (κ3) is 4.13. The Morgan fingerprint density at radius 2 is 1.71 bits per heavy atom. The van der Waals surface area contributed by atoms with Crippen molar-refractivity contribution in [3.63, 3.8) is 0 Å². The molecule has 6 rings (SSSR count). The Morgan fingerprint density at radius 1 is 1.00 bits per heavy atom. The first-order chi connectivity index (χ1) is 19.7. The van der Waals surface area contributed by atoms with Crippen LogP contribution in [0.25, 0.3) is 0 Å². The van der Waals surface area contributed by atoms with Crippen LogP contribution in [-0.2, 0) is 19.0 Å². The summed E-state index contributed by atoms with van der Waals surface area (Å²) in [6.45, 7) is 18.1. The minimum absolute atomic E-state index is 0.00895. The molecule has 0 aromatic rings. The molecule has 1 saturated heterocycles. The summed E-state index contributed by atoms with van der Waals surface area (Å²) in [5.41, 5.74) is 0.518. The molecule has 4 saturated carbocycles. The second kappa shape index (κ2) is 10.3. The average Bonchev–Trinajstić information content (AvgIpc) is 3.42. The highest BCUT2D eigenvalue weighted by Crippen LogP contribution is 2.76. The number of aliphatic hydroxyl groups is 2. The Morgan fingerprint density at radius 3 is 2.38 bits per heavy atom. The summed E-state index contributed by atoms with van der Waals surface area (Å²) >= 11 is 0. The van der Waals surface area contributed by atoms with Gasteiger partial charge in [0.25, 0.3) is 0 Å². The highest BCUT2D eigenvalue weighted by atomic mass is 16.7. The molecule has 6 heteroatoms. The standard InChI is InChI=1S/C36H58O6/c1-8-9-16-40-30(39)25-21-31(2,3)20-24-23(25)10-12-33(6)26(24)19-27(38)29-34(33,7)13-11-28-32(4,5)36(41-17-18-42-36)15-14-35(28,29)22-37/h19,23-25,27-29,37-38H,8-18,20-22H2,1-7H3/t23?,24?,25-,27+,28?,29?,33-,34-,35-/m1/s1. The van der Waals surface area contributed by atoms with Crippen molar-refractivity contribution in [2.45, 2.75) is 125 Å². The second-order valence-corrected chi connectivity index (χ2v) is 17.0. The normalized spacial score (nSPS) is 46.5. The third-order valence-corrected chi connectivity index (χ3v) is 14.4. The lowest BCUT2D eigenvalue weighted by molar-refractivity contribution is -0.320. The number of fused-ring (bicyclic) bond motifs is 7. The Bertz CT molecular complexity index is 1090. The Kier molecular flexibility index (Phi) is 7.61. The van der Waals surface area contributed by atoms with Crippen LogP contribution >= 0.6 is 0 Å². The van der Waals surface area contributed by atoms with Crippen LogP contribution < -0.4 is 0 Å². The van der Waals surface area contributed by atoms with Gasteiger partial charge in [-0.15, -0.1) is 0 Å². The highest BCUT2D eigenvalue weighted by molar-refractivity contribution is 5.73. The van der Waals surface area contributed by atoms with E-state index in [1.807, 2.05) is 0 Å². The van der Waals surface area contributed by atoms with Crippen LogP contribution in [0.4, 0.5) is 0 Å². The molecule has 238 valence electrons. The van der Waals surface area contributed by atoms with Gasteiger partial charge >= 0.3 is 5.97 Å². The largest absolute Gasteiger partial charge is 0.465 e. The van der Waals surface area contributed by atoms with Gasteiger partial charge in [0.2, 0.25) is 0 Å². The van der Waals surface area contributed by atoms with Crippen LogP contribution in [0.1, 0.15) is 113 Å². The van der Waals surface area contributed by atoms with Gasteiger partial charge < -0.3 is 24.4 Å². The molecule has 5 fully saturated rings. The lowest BCUT2D eigenvalue weighted by Gasteiger charge is -2.72. The molecule has 0 aromatic heterocycles. The number of unbranched alkanes of at least 4 members (excludes halogenated alkanes) is 1. The monoisotopic (exact) mass is 586 g/mol. The van der Waals surface area contributed by atoms with Gasteiger partial charge in [-0.1, -0.05) is 66.5 Å². The van der Waals surface area contributed by atoms with Crippen molar-refractivity contribution in [3.8, 4) is 0 Å². The predicted octanol–water partition coefficient (Wildman–Crippen LogP) is 6.67. The van der Waals surface area contributed by atoms with E-state index in [0.717, 1.165) is 64.2 Å². The quantitative estimate of drug-likeness (QED) is 0.213. The van der Waals surface area contributed by atoms with Crippen LogP contribution in [0.15, 0.2) is 11.6 Å². The van der Waals surface area contributed by atoms with Gasteiger partial charge in [-0.3, -0.25) is 4.79 Å². The number of rotatable bonds is 5. The lowest BCUT2D eigenvalue weighted by Crippen LogP contribution is -2.70. The molecule has 0 amide bonds. The van der Waals surface area contributed by atoms with E-state index < -0.39 is 17.3 Å². The zero-order chi connectivity index (χ0) is 30.3. The molecule has 1 heterocycles. The van der Waals surface area contributed by atoms with Crippen molar-refractivity contribution < 1.29 is 29.2 Å². The SMILES string of the molecule is CCCCOC(=O)[C@@H]1CC(C)(C)CC2C3=C[C@H](O)C4[C@@]5(CO)CCC6(OCCO6)C(C)(C)C5CC[C@@]4(C)[C@]3(C)CCC21. The maximum absolute atomic E-state index is 13.5. The summed E-state index contributed by atoms with van der Waals surface area (Å²) in [7, 11) is 0. The average molecular weight is 587 g/mol. The summed E-state index contributed by atoms with van der Waals surface area (Å²) in [5.74, 6) is 0.0187. The zero-order valence-corrected chi connectivity index (χ0v) is 27.5. The van der Waals surface area contributed by atoms with Crippen LogP contribution in [0.3, 0.4) is 0 Å². The number of carbonyl (C=O) groups excluding carboxylic acids is 1. The second-order valence-electron chi connectivity index (χ2n) is 17.0. The van der Waals surface area contributed by atoms with Crippen molar-refractivity contribution in [1.82, 2.24) is 0 Å². The number of carbonyl (C=O) groups is 1. The minimum atomic E-state index is -0.623. The first kappa shape index (κ1) is 31.0. The number of ether oxygens (including phenoxy) is 3. The summed E-state index contributed by atoms with van der Waals surface area (Å²) in [4.78, 5) is 13.5. The molecular weight excluding hydrogens is 528 g/mol. The highest BCUT2D eigenvalue weighted by Gasteiger charge is 2.73. The molecule has 0 radical (unpaired) electrons. The van der Waals surface area contributed by atoms with Crippen molar-refractivity contribution in [1.29, 1.82) is 0 Å². The smallest absolute Gasteiger partial charge is 0.309 e. The molecule has 42 heavy (non-hydrogen) atoms. The lowest BCUT2D eigenvalue weighted by atomic mass is 9.33.